The van der Waals surface area contributed by atoms with E-state index in [0.29, 0.717) is 12.0 Å². The Morgan fingerprint density at radius 2 is 1.88 bits per heavy atom. The van der Waals surface area contributed by atoms with Crippen molar-refractivity contribution in [2.45, 2.75) is 30.3 Å². The molecule has 7 nitrogen and oxygen atoms in total. The molecule has 0 aliphatic carbocycles. The first kappa shape index (κ1) is 17.9. The van der Waals surface area contributed by atoms with Gasteiger partial charge in [-0.3, -0.25) is 4.68 Å². The smallest absolute Gasteiger partial charge is 0.257 e. The number of aromatic nitrogens is 2. The van der Waals surface area contributed by atoms with Crippen molar-refractivity contribution < 1.29 is 13.2 Å². The largest absolute Gasteiger partial charge is 0.497 e. The molecule has 0 bridgehead atoms. The van der Waals surface area contributed by atoms with Crippen molar-refractivity contribution in [1.82, 2.24) is 14.7 Å². The minimum Gasteiger partial charge on any atom is -0.497 e. The number of benzene rings is 1. The number of likely N-dealkylation sites (tertiary alicyclic amines) is 1. The molecular weight excluding hydrogens is 340 g/mol. The molecule has 0 radical (unpaired) electrons. The van der Waals surface area contributed by atoms with Gasteiger partial charge in [-0.05, 0) is 50.7 Å². The van der Waals surface area contributed by atoms with E-state index in [-0.39, 0.29) is 11.1 Å². The number of hydrogen-bond donors (Lipinski definition) is 1. The maximum Gasteiger partial charge on any atom is 0.257 e. The van der Waals surface area contributed by atoms with Gasteiger partial charge in [0.1, 0.15) is 5.75 Å². The standard InChI is InChI=1S/C17H24N4O3S/c1-20-9-7-15(8-10-20)21-12-14(17(19-21)25(18,22)23)11-13-3-5-16(24-2)6-4-13/h3-6,12,15H,7-11H2,1-2H3,(H2,18,22,23). The molecule has 136 valence electrons. The van der Waals surface area contributed by atoms with Crippen LogP contribution in [0.3, 0.4) is 0 Å². The summed E-state index contributed by atoms with van der Waals surface area (Å²) in [7, 11) is -0.164. The Labute approximate surface area is 148 Å². The highest BCUT2D eigenvalue weighted by molar-refractivity contribution is 7.89. The van der Waals surface area contributed by atoms with Crippen LogP contribution in [0.2, 0.25) is 0 Å². The van der Waals surface area contributed by atoms with Crippen LogP contribution in [-0.4, -0.2) is 50.3 Å². The fourth-order valence-corrected chi connectivity index (χ4v) is 3.88. The third kappa shape index (κ3) is 4.20. The minimum atomic E-state index is -3.86. The van der Waals surface area contributed by atoms with Crippen molar-refractivity contribution in [3.8, 4) is 5.75 Å². The summed E-state index contributed by atoms with van der Waals surface area (Å²) in [5.41, 5.74) is 1.61. The number of methoxy groups -OCH3 is 1. The molecule has 25 heavy (non-hydrogen) atoms. The number of nitrogens with zero attached hydrogens (tertiary/aromatic N) is 3. The molecule has 0 atom stereocenters. The fraction of sp³-hybridized carbons (Fsp3) is 0.471. The zero-order valence-electron chi connectivity index (χ0n) is 14.6. The lowest BCUT2D eigenvalue weighted by Crippen LogP contribution is -2.31. The van der Waals surface area contributed by atoms with Gasteiger partial charge < -0.3 is 9.64 Å². The predicted molar refractivity (Wildman–Crippen MR) is 95.2 cm³/mol. The van der Waals surface area contributed by atoms with Crippen LogP contribution in [0.1, 0.15) is 30.0 Å². The van der Waals surface area contributed by atoms with Crippen molar-refractivity contribution in [3.63, 3.8) is 0 Å². The van der Waals surface area contributed by atoms with E-state index in [0.717, 1.165) is 37.2 Å². The Bertz CT molecular complexity index is 822. The van der Waals surface area contributed by atoms with E-state index >= 15 is 0 Å². The van der Waals surface area contributed by atoms with Gasteiger partial charge in [-0.1, -0.05) is 12.1 Å². The van der Waals surface area contributed by atoms with Gasteiger partial charge in [0, 0.05) is 18.2 Å². The Kier molecular flexibility index (Phi) is 5.12. The molecule has 0 amide bonds. The van der Waals surface area contributed by atoms with E-state index in [9.17, 15) is 8.42 Å². The lowest BCUT2D eigenvalue weighted by Gasteiger charge is -2.28. The van der Waals surface area contributed by atoms with E-state index in [1.807, 2.05) is 30.5 Å². The second-order valence-electron chi connectivity index (χ2n) is 6.54. The van der Waals surface area contributed by atoms with Crippen molar-refractivity contribution in [1.29, 1.82) is 0 Å². The van der Waals surface area contributed by atoms with Crippen molar-refractivity contribution in [3.05, 3.63) is 41.6 Å². The van der Waals surface area contributed by atoms with E-state index in [2.05, 4.69) is 17.0 Å². The molecule has 0 saturated carbocycles. The number of sulfonamides is 1. The highest BCUT2D eigenvalue weighted by Crippen LogP contribution is 2.25. The SMILES string of the molecule is COc1ccc(Cc2cn(C3CCN(C)CC3)nc2S(N)(=O)=O)cc1. The van der Waals surface area contributed by atoms with E-state index in [1.165, 1.54) is 0 Å². The second-order valence-corrected chi connectivity index (χ2v) is 8.02. The molecule has 1 saturated heterocycles. The average Bonchev–Trinajstić information content (AvgIpc) is 3.00. The number of hydrogen-bond acceptors (Lipinski definition) is 5. The molecule has 2 heterocycles. The fourth-order valence-electron chi connectivity index (χ4n) is 3.18. The van der Waals surface area contributed by atoms with Crippen LogP contribution in [-0.2, 0) is 16.4 Å². The van der Waals surface area contributed by atoms with Gasteiger partial charge in [0.25, 0.3) is 10.0 Å². The molecule has 8 heteroatoms. The van der Waals surface area contributed by atoms with E-state index < -0.39 is 10.0 Å². The van der Waals surface area contributed by atoms with Gasteiger partial charge >= 0.3 is 0 Å². The number of primary sulfonamides is 1. The second kappa shape index (κ2) is 7.15. The molecule has 1 aliphatic rings. The zero-order valence-corrected chi connectivity index (χ0v) is 15.4. The Hall–Kier alpha value is -1.90. The van der Waals surface area contributed by atoms with Crippen LogP contribution >= 0.6 is 0 Å². The summed E-state index contributed by atoms with van der Waals surface area (Å²) < 4.78 is 30.9. The summed E-state index contributed by atoms with van der Waals surface area (Å²) in [6.07, 6.45) is 4.19. The maximum absolute atomic E-state index is 12.0. The number of nitrogens with two attached hydrogens (primary N) is 1. The third-order valence-electron chi connectivity index (χ3n) is 4.65. The molecule has 2 N–H and O–H groups in total. The number of ether oxygens (including phenoxy) is 1. The highest BCUT2D eigenvalue weighted by atomic mass is 32.2. The van der Waals surface area contributed by atoms with Gasteiger partial charge in [-0.25, -0.2) is 13.6 Å². The van der Waals surface area contributed by atoms with Crippen LogP contribution in [0, 0.1) is 0 Å². The Balaban J connectivity index is 1.88. The van der Waals surface area contributed by atoms with Crippen LogP contribution in [0.25, 0.3) is 0 Å². The van der Waals surface area contributed by atoms with Crippen molar-refractivity contribution in [2.75, 3.05) is 27.2 Å². The van der Waals surface area contributed by atoms with Crippen LogP contribution in [0.15, 0.2) is 35.5 Å². The topological polar surface area (TPSA) is 90.4 Å². The summed E-state index contributed by atoms with van der Waals surface area (Å²) in [4.78, 5) is 2.26. The Morgan fingerprint density at radius 3 is 2.44 bits per heavy atom. The molecule has 1 aliphatic heterocycles. The number of rotatable bonds is 5. The Morgan fingerprint density at radius 1 is 1.24 bits per heavy atom. The lowest BCUT2D eigenvalue weighted by atomic mass is 10.1. The van der Waals surface area contributed by atoms with Gasteiger partial charge in [-0.2, -0.15) is 5.10 Å². The molecule has 2 aromatic rings. The minimum absolute atomic E-state index is 0.0257. The highest BCUT2D eigenvalue weighted by Gasteiger charge is 2.24. The summed E-state index contributed by atoms with van der Waals surface area (Å²) in [6.45, 7) is 1.95. The zero-order chi connectivity index (χ0) is 18.0. The van der Waals surface area contributed by atoms with E-state index in [1.54, 1.807) is 11.8 Å². The molecule has 3 rings (SSSR count). The van der Waals surface area contributed by atoms with Crippen LogP contribution < -0.4 is 9.88 Å². The van der Waals surface area contributed by atoms with E-state index in [4.69, 9.17) is 9.88 Å². The molecule has 0 unspecified atom stereocenters. The molecule has 0 spiro atoms. The molecular formula is C17H24N4O3S. The maximum atomic E-state index is 12.0. The average molecular weight is 364 g/mol. The van der Waals surface area contributed by atoms with Crippen LogP contribution in [0.5, 0.6) is 5.75 Å². The first-order valence-electron chi connectivity index (χ1n) is 8.29. The quantitative estimate of drug-likeness (QED) is 0.866. The van der Waals surface area contributed by atoms with Gasteiger partial charge in [0.2, 0.25) is 0 Å². The van der Waals surface area contributed by atoms with Crippen LogP contribution in [0.4, 0.5) is 0 Å². The summed E-state index contributed by atoms with van der Waals surface area (Å²) in [5.74, 6) is 0.762. The van der Waals surface area contributed by atoms with Gasteiger partial charge in [-0.15, -0.1) is 0 Å². The normalized spacial score (nSPS) is 16.9. The monoisotopic (exact) mass is 364 g/mol. The summed E-state index contributed by atoms with van der Waals surface area (Å²) in [6, 6.07) is 7.75. The first-order chi connectivity index (χ1) is 11.9. The first-order valence-corrected chi connectivity index (χ1v) is 9.84. The van der Waals surface area contributed by atoms with Crippen molar-refractivity contribution >= 4 is 10.0 Å². The molecule has 1 fully saturated rings. The van der Waals surface area contributed by atoms with Crippen molar-refractivity contribution in [2.24, 2.45) is 5.14 Å². The van der Waals surface area contributed by atoms with Gasteiger partial charge in [0.15, 0.2) is 5.03 Å². The summed E-state index contributed by atoms with van der Waals surface area (Å²) >= 11 is 0. The van der Waals surface area contributed by atoms with Gasteiger partial charge in [0.05, 0.1) is 13.2 Å². The molecule has 1 aromatic heterocycles. The third-order valence-corrected chi connectivity index (χ3v) is 5.54. The molecule has 1 aromatic carbocycles. The lowest BCUT2D eigenvalue weighted by molar-refractivity contribution is 0.211. The predicted octanol–water partition coefficient (Wildman–Crippen LogP) is 1.40. The summed E-state index contributed by atoms with van der Waals surface area (Å²) in [5, 5.41) is 9.68. The number of piperidine rings is 1.